The van der Waals surface area contributed by atoms with Crippen molar-refractivity contribution in [3.05, 3.63) is 0 Å². The molecule has 0 N–H and O–H groups in total. The van der Waals surface area contributed by atoms with Crippen molar-refractivity contribution in [1.29, 1.82) is 0 Å². The van der Waals surface area contributed by atoms with E-state index in [2.05, 4.69) is 6.92 Å². The molecule has 1 heterocycles. The van der Waals surface area contributed by atoms with Crippen LogP contribution in [0.4, 0.5) is 4.79 Å². The van der Waals surface area contributed by atoms with E-state index in [1.807, 2.05) is 20.8 Å². The van der Waals surface area contributed by atoms with E-state index in [1.165, 1.54) is 0 Å². The molecule has 0 bridgehead atoms. The fraction of sp³-hybridized carbons (Fsp3) is 0.846. The van der Waals surface area contributed by atoms with E-state index in [0.717, 1.165) is 12.7 Å². The monoisotopic (exact) mass is 239 g/mol. The van der Waals surface area contributed by atoms with Crippen molar-refractivity contribution >= 4 is 12.4 Å². The van der Waals surface area contributed by atoms with Gasteiger partial charge in [0.2, 0.25) is 0 Å². The van der Waals surface area contributed by atoms with E-state index in [4.69, 9.17) is 4.74 Å². The quantitative estimate of drug-likeness (QED) is 0.658. The van der Waals surface area contributed by atoms with Crippen molar-refractivity contribution in [2.24, 2.45) is 17.8 Å². The van der Waals surface area contributed by atoms with Crippen LogP contribution < -0.4 is 0 Å². The number of rotatable bonds is 1. The third-order valence-corrected chi connectivity index (χ3v) is 3.87. The predicted molar refractivity (Wildman–Crippen MR) is 63.6 cm³/mol. The lowest BCUT2D eigenvalue weighted by Gasteiger charge is -2.33. The van der Waals surface area contributed by atoms with Gasteiger partial charge in [-0.05, 0) is 44.9 Å². The van der Waals surface area contributed by atoms with Gasteiger partial charge in [-0.3, -0.25) is 4.90 Å². The van der Waals surface area contributed by atoms with Gasteiger partial charge >= 0.3 is 6.09 Å². The van der Waals surface area contributed by atoms with Crippen molar-refractivity contribution in [1.82, 2.24) is 4.90 Å². The Bertz CT molecular complexity index is 334. The van der Waals surface area contributed by atoms with Crippen molar-refractivity contribution in [3.63, 3.8) is 0 Å². The molecule has 1 aliphatic heterocycles. The average molecular weight is 239 g/mol. The Labute approximate surface area is 102 Å². The maximum atomic E-state index is 12.0. The second-order valence-electron chi connectivity index (χ2n) is 6.26. The molecular weight excluding hydrogens is 218 g/mol. The minimum atomic E-state index is -0.503. The lowest BCUT2D eigenvalue weighted by Crippen LogP contribution is -2.47. The normalized spacial score (nSPS) is 36.1. The molecule has 4 heteroatoms. The maximum Gasteiger partial charge on any atom is 0.410 e. The molecule has 2 fully saturated rings. The van der Waals surface area contributed by atoms with Crippen LogP contribution in [-0.4, -0.2) is 35.5 Å². The van der Waals surface area contributed by atoms with Crippen LogP contribution in [0.25, 0.3) is 0 Å². The Morgan fingerprint density at radius 2 is 2.00 bits per heavy atom. The summed E-state index contributed by atoms with van der Waals surface area (Å²) in [6.07, 6.45) is 1.33. The van der Waals surface area contributed by atoms with Crippen LogP contribution in [0.15, 0.2) is 0 Å². The predicted octanol–water partition coefficient (Wildman–Crippen LogP) is 2.08. The summed E-state index contributed by atoms with van der Waals surface area (Å²) in [6, 6.07) is -0.295. The molecule has 0 aromatic carbocycles. The fourth-order valence-electron chi connectivity index (χ4n) is 2.76. The number of ether oxygens (including phenoxy) is 1. The average Bonchev–Trinajstić information content (AvgIpc) is 2.85. The first kappa shape index (κ1) is 12.4. The highest BCUT2D eigenvalue weighted by Gasteiger charge is 2.53. The van der Waals surface area contributed by atoms with E-state index in [0.29, 0.717) is 24.3 Å². The Kier molecular flexibility index (Phi) is 2.92. The first-order chi connectivity index (χ1) is 7.83. The van der Waals surface area contributed by atoms with Crippen molar-refractivity contribution in [3.8, 4) is 0 Å². The summed E-state index contributed by atoms with van der Waals surface area (Å²) >= 11 is 0. The second kappa shape index (κ2) is 4.00. The summed E-state index contributed by atoms with van der Waals surface area (Å²) in [4.78, 5) is 24.7. The first-order valence-corrected chi connectivity index (χ1v) is 6.28. The van der Waals surface area contributed by atoms with Crippen LogP contribution >= 0.6 is 0 Å². The molecule has 0 radical (unpaired) electrons. The SMILES string of the molecule is CC1C2CC(C=O)N(C(=O)OC(C)(C)C)CC12. The number of amides is 1. The van der Waals surface area contributed by atoms with E-state index in [9.17, 15) is 9.59 Å². The van der Waals surface area contributed by atoms with Gasteiger partial charge in [0.1, 0.15) is 11.9 Å². The van der Waals surface area contributed by atoms with E-state index < -0.39 is 5.60 Å². The Balaban J connectivity index is 2.03. The third-order valence-electron chi connectivity index (χ3n) is 3.87. The summed E-state index contributed by atoms with van der Waals surface area (Å²) in [5.41, 5.74) is -0.503. The second-order valence-corrected chi connectivity index (χ2v) is 6.26. The van der Waals surface area contributed by atoms with Gasteiger partial charge in [-0.15, -0.1) is 0 Å². The van der Waals surface area contributed by atoms with Crippen LogP contribution in [0.2, 0.25) is 0 Å². The molecule has 1 aliphatic carbocycles. The highest BCUT2D eigenvalue weighted by atomic mass is 16.6. The number of nitrogens with zero attached hydrogens (tertiary/aromatic N) is 1. The molecule has 2 aliphatic rings. The van der Waals surface area contributed by atoms with Gasteiger partial charge in [-0.1, -0.05) is 6.92 Å². The third kappa shape index (κ3) is 2.45. The van der Waals surface area contributed by atoms with Gasteiger partial charge in [-0.25, -0.2) is 4.79 Å². The van der Waals surface area contributed by atoms with Crippen molar-refractivity contribution in [2.75, 3.05) is 6.54 Å². The Morgan fingerprint density at radius 1 is 1.35 bits per heavy atom. The number of aldehydes is 1. The fourth-order valence-corrected chi connectivity index (χ4v) is 2.76. The molecule has 1 amide bonds. The minimum absolute atomic E-state index is 0.295. The molecule has 96 valence electrons. The van der Waals surface area contributed by atoms with Gasteiger partial charge in [0.05, 0.1) is 6.04 Å². The number of carbonyl (C=O) groups is 2. The smallest absolute Gasteiger partial charge is 0.410 e. The molecular formula is C13H21NO3. The van der Waals surface area contributed by atoms with Crippen LogP contribution in [0, 0.1) is 17.8 Å². The summed E-state index contributed by atoms with van der Waals surface area (Å²) in [6.45, 7) is 8.38. The first-order valence-electron chi connectivity index (χ1n) is 6.28. The molecule has 17 heavy (non-hydrogen) atoms. The highest BCUT2D eigenvalue weighted by molar-refractivity contribution is 5.74. The van der Waals surface area contributed by atoms with Gasteiger partial charge in [-0.2, -0.15) is 0 Å². The standard InChI is InChI=1S/C13H21NO3/c1-8-10-5-9(7-15)14(6-11(8)10)12(16)17-13(2,3)4/h7-11H,5-6H2,1-4H3. The molecule has 0 spiro atoms. The summed E-state index contributed by atoms with van der Waals surface area (Å²) in [7, 11) is 0. The summed E-state index contributed by atoms with van der Waals surface area (Å²) in [5, 5.41) is 0. The summed E-state index contributed by atoms with van der Waals surface area (Å²) < 4.78 is 5.34. The molecule has 2 rings (SSSR count). The molecule has 1 saturated heterocycles. The molecule has 0 aromatic rings. The molecule has 1 saturated carbocycles. The lowest BCUT2D eigenvalue weighted by molar-refractivity contribution is -0.113. The number of hydrogen-bond donors (Lipinski definition) is 0. The molecule has 4 nitrogen and oxygen atoms in total. The Hall–Kier alpha value is -1.06. The molecule has 4 unspecified atom stereocenters. The van der Waals surface area contributed by atoms with Crippen LogP contribution in [0.3, 0.4) is 0 Å². The number of fused-ring (bicyclic) bond motifs is 1. The zero-order chi connectivity index (χ0) is 12.8. The van der Waals surface area contributed by atoms with Crippen LogP contribution in [0.5, 0.6) is 0 Å². The largest absolute Gasteiger partial charge is 0.444 e. The number of likely N-dealkylation sites (tertiary alicyclic amines) is 1. The van der Waals surface area contributed by atoms with Gasteiger partial charge in [0.15, 0.2) is 0 Å². The van der Waals surface area contributed by atoms with Crippen LogP contribution in [0.1, 0.15) is 34.1 Å². The zero-order valence-electron chi connectivity index (χ0n) is 11.0. The maximum absolute atomic E-state index is 12.0. The van der Waals surface area contributed by atoms with E-state index in [1.54, 1.807) is 4.90 Å². The minimum Gasteiger partial charge on any atom is -0.444 e. The van der Waals surface area contributed by atoms with Crippen molar-refractivity contribution in [2.45, 2.75) is 45.8 Å². The van der Waals surface area contributed by atoms with Gasteiger partial charge < -0.3 is 9.53 Å². The number of piperidine rings is 1. The van der Waals surface area contributed by atoms with E-state index in [-0.39, 0.29) is 12.1 Å². The number of hydrogen-bond acceptors (Lipinski definition) is 3. The topological polar surface area (TPSA) is 46.6 Å². The van der Waals surface area contributed by atoms with Crippen LogP contribution in [-0.2, 0) is 9.53 Å². The van der Waals surface area contributed by atoms with E-state index >= 15 is 0 Å². The Morgan fingerprint density at radius 3 is 2.53 bits per heavy atom. The van der Waals surface area contributed by atoms with Gasteiger partial charge in [0, 0.05) is 6.54 Å². The number of carbonyl (C=O) groups excluding carboxylic acids is 2. The zero-order valence-corrected chi connectivity index (χ0v) is 11.0. The molecule has 4 atom stereocenters. The van der Waals surface area contributed by atoms with Gasteiger partial charge in [0.25, 0.3) is 0 Å². The lowest BCUT2D eigenvalue weighted by atomic mass is 10.0. The highest BCUT2D eigenvalue weighted by Crippen LogP contribution is 2.52. The van der Waals surface area contributed by atoms with Crippen molar-refractivity contribution < 1.29 is 14.3 Å². The summed E-state index contributed by atoms with van der Waals surface area (Å²) in [5.74, 6) is 1.84. The molecule has 0 aromatic heterocycles.